The van der Waals surface area contributed by atoms with Gasteiger partial charge in [0, 0.05) is 22.9 Å². The zero-order chi connectivity index (χ0) is 10.8. The lowest BCUT2D eigenvalue weighted by atomic mass is 10.3. The molecule has 0 amide bonds. The van der Waals surface area contributed by atoms with E-state index in [0.717, 1.165) is 5.52 Å². The quantitative estimate of drug-likeness (QED) is 0.733. The van der Waals surface area contributed by atoms with Crippen LogP contribution >= 0.6 is 11.6 Å². The first kappa shape index (κ1) is 10.1. The van der Waals surface area contributed by atoms with Gasteiger partial charge in [0.25, 0.3) is 0 Å². The number of nitrogens with zero attached hydrogens (tertiary/aromatic N) is 1. The molecule has 0 N–H and O–H groups in total. The minimum absolute atomic E-state index is 0.308. The third-order valence-corrected chi connectivity index (χ3v) is 2.31. The van der Waals surface area contributed by atoms with Gasteiger partial charge in [-0.05, 0) is 25.1 Å². The van der Waals surface area contributed by atoms with Gasteiger partial charge in [0.2, 0.25) is 0 Å². The number of rotatable bonds is 2. The van der Waals surface area contributed by atoms with E-state index >= 15 is 0 Å². The Labute approximate surface area is 92.2 Å². The number of aromatic nitrogens is 1. The third kappa shape index (κ3) is 1.97. The van der Waals surface area contributed by atoms with Crippen LogP contribution in [-0.4, -0.2) is 17.0 Å². The van der Waals surface area contributed by atoms with Crippen molar-refractivity contribution in [1.29, 1.82) is 0 Å². The van der Waals surface area contributed by atoms with Crippen LogP contribution in [0.25, 0.3) is 5.52 Å². The van der Waals surface area contributed by atoms with Crippen LogP contribution in [0, 0.1) is 0 Å². The lowest BCUT2D eigenvalue weighted by Crippen LogP contribution is -2.02. The summed E-state index contributed by atoms with van der Waals surface area (Å²) >= 11 is 5.84. The number of esters is 1. The Morgan fingerprint density at radius 1 is 1.53 bits per heavy atom. The first-order chi connectivity index (χ1) is 7.20. The smallest absolute Gasteiger partial charge is 0.339 e. The Bertz CT molecular complexity index is 504. The summed E-state index contributed by atoms with van der Waals surface area (Å²) in [6.45, 7) is 2.16. The normalized spacial score (nSPS) is 10.5. The molecule has 2 rings (SSSR count). The van der Waals surface area contributed by atoms with Crippen molar-refractivity contribution in [2.75, 3.05) is 6.61 Å². The van der Waals surface area contributed by atoms with Crippen molar-refractivity contribution in [3.05, 3.63) is 41.2 Å². The lowest BCUT2D eigenvalue weighted by molar-refractivity contribution is 0.0526. The molecular formula is C11H10ClNO2. The fourth-order valence-electron chi connectivity index (χ4n) is 1.41. The van der Waals surface area contributed by atoms with Crippen LogP contribution < -0.4 is 0 Å². The number of carbonyl (C=O) groups is 1. The molecule has 2 aromatic heterocycles. The molecule has 0 spiro atoms. The first-order valence-electron chi connectivity index (χ1n) is 4.65. The summed E-state index contributed by atoms with van der Waals surface area (Å²) < 4.78 is 6.73. The fraction of sp³-hybridized carbons (Fsp3) is 0.182. The molecule has 0 aliphatic rings. The van der Waals surface area contributed by atoms with Gasteiger partial charge in [0.15, 0.2) is 0 Å². The summed E-state index contributed by atoms with van der Waals surface area (Å²) in [5.41, 5.74) is 1.42. The monoisotopic (exact) mass is 223 g/mol. The van der Waals surface area contributed by atoms with Crippen molar-refractivity contribution in [2.45, 2.75) is 6.92 Å². The molecule has 15 heavy (non-hydrogen) atoms. The second-order valence-electron chi connectivity index (χ2n) is 3.13. The molecule has 0 bridgehead atoms. The largest absolute Gasteiger partial charge is 0.462 e. The number of ether oxygens (including phenoxy) is 1. The number of fused-ring (bicyclic) bond motifs is 1. The predicted molar refractivity (Wildman–Crippen MR) is 58.4 cm³/mol. The summed E-state index contributed by atoms with van der Waals surface area (Å²) in [4.78, 5) is 11.4. The molecule has 0 saturated carbocycles. The third-order valence-electron chi connectivity index (χ3n) is 2.07. The minimum Gasteiger partial charge on any atom is -0.462 e. The molecule has 0 radical (unpaired) electrons. The van der Waals surface area contributed by atoms with E-state index in [4.69, 9.17) is 16.3 Å². The van der Waals surface area contributed by atoms with Crippen LogP contribution in [0.5, 0.6) is 0 Å². The maximum atomic E-state index is 11.4. The number of carbonyl (C=O) groups excluding carboxylic acids is 1. The van der Waals surface area contributed by atoms with Gasteiger partial charge in [0.05, 0.1) is 12.2 Å². The number of pyridine rings is 1. The first-order valence-corrected chi connectivity index (χ1v) is 5.03. The molecule has 4 heteroatoms. The fourth-order valence-corrected chi connectivity index (χ4v) is 1.58. The van der Waals surface area contributed by atoms with Gasteiger partial charge in [-0.3, -0.25) is 0 Å². The van der Waals surface area contributed by atoms with Gasteiger partial charge < -0.3 is 9.14 Å². The van der Waals surface area contributed by atoms with Crippen molar-refractivity contribution in [1.82, 2.24) is 4.40 Å². The van der Waals surface area contributed by atoms with Crippen LogP contribution in [0.15, 0.2) is 30.6 Å². The Hall–Kier alpha value is -1.48. The molecule has 2 heterocycles. The molecule has 78 valence electrons. The van der Waals surface area contributed by atoms with Gasteiger partial charge in [-0.1, -0.05) is 11.6 Å². The molecule has 2 aromatic rings. The van der Waals surface area contributed by atoms with E-state index in [2.05, 4.69) is 0 Å². The second-order valence-corrected chi connectivity index (χ2v) is 3.56. The van der Waals surface area contributed by atoms with E-state index in [0.29, 0.717) is 17.2 Å². The topological polar surface area (TPSA) is 30.7 Å². The lowest BCUT2D eigenvalue weighted by Gasteiger charge is -1.96. The van der Waals surface area contributed by atoms with Gasteiger partial charge in [-0.15, -0.1) is 0 Å². The molecular weight excluding hydrogens is 214 g/mol. The Balaban J connectivity index is 2.42. The molecule has 0 atom stereocenters. The molecule has 0 aliphatic heterocycles. The molecule has 0 aromatic carbocycles. The molecule has 0 aliphatic carbocycles. The van der Waals surface area contributed by atoms with Crippen molar-refractivity contribution >= 4 is 23.1 Å². The maximum Gasteiger partial charge on any atom is 0.339 e. The van der Waals surface area contributed by atoms with Gasteiger partial charge in [0.1, 0.15) is 0 Å². The van der Waals surface area contributed by atoms with Crippen molar-refractivity contribution in [2.24, 2.45) is 0 Å². The number of hydrogen-bond acceptors (Lipinski definition) is 2. The van der Waals surface area contributed by atoms with E-state index in [9.17, 15) is 4.79 Å². The predicted octanol–water partition coefficient (Wildman–Crippen LogP) is 2.77. The summed E-state index contributed by atoms with van der Waals surface area (Å²) in [6.07, 6.45) is 3.53. The van der Waals surface area contributed by atoms with E-state index in [-0.39, 0.29) is 5.97 Å². The molecule has 0 saturated heterocycles. The zero-order valence-corrected chi connectivity index (χ0v) is 8.99. The van der Waals surface area contributed by atoms with Crippen molar-refractivity contribution < 1.29 is 9.53 Å². The molecule has 3 nitrogen and oxygen atoms in total. The van der Waals surface area contributed by atoms with Gasteiger partial charge in [-0.25, -0.2) is 4.79 Å². The standard InChI is InChI=1S/C11H10ClNO2/c1-2-15-11(14)8-5-10-6-9(12)3-4-13(10)7-8/h3-7H,2H2,1H3. The highest BCUT2D eigenvalue weighted by Crippen LogP contribution is 2.16. The Morgan fingerprint density at radius 2 is 2.33 bits per heavy atom. The summed E-state index contributed by atoms with van der Waals surface area (Å²) in [6, 6.07) is 5.32. The van der Waals surface area contributed by atoms with Crippen LogP contribution in [0.4, 0.5) is 0 Å². The minimum atomic E-state index is -0.308. The summed E-state index contributed by atoms with van der Waals surface area (Å²) in [5.74, 6) is -0.308. The Morgan fingerprint density at radius 3 is 3.07 bits per heavy atom. The van der Waals surface area contributed by atoms with Gasteiger partial charge in [-0.2, -0.15) is 0 Å². The van der Waals surface area contributed by atoms with Gasteiger partial charge >= 0.3 is 5.97 Å². The Kier molecular flexibility index (Phi) is 2.64. The van der Waals surface area contributed by atoms with Crippen LogP contribution in [0.1, 0.15) is 17.3 Å². The van der Waals surface area contributed by atoms with Crippen molar-refractivity contribution in [3.63, 3.8) is 0 Å². The van der Waals surface area contributed by atoms with E-state index in [1.165, 1.54) is 0 Å². The van der Waals surface area contributed by atoms with Crippen LogP contribution in [0.2, 0.25) is 5.02 Å². The highest BCUT2D eigenvalue weighted by Gasteiger charge is 2.09. The molecule has 0 fully saturated rings. The zero-order valence-electron chi connectivity index (χ0n) is 8.24. The van der Waals surface area contributed by atoms with Crippen molar-refractivity contribution in [3.8, 4) is 0 Å². The maximum absolute atomic E-state index is 11.4. The average molecular weight is 224 g/mol. The highest BCUT2D eigenvalue weighted by molar-refractivity contribution is 6.30. The highest BCUT2D eigenvalue weighted by atomic mass is 35.5. The van der Waals surface area contributed by atoms with Crippen LogP contribution in [0.3, 0.4) is 0 Å². The van der Waals surface area contributed by atoms with E-state index in [1.54, 1.807) is 37.5 Å². The molecule has 0 unspecified atom stereocenters. The summed E-state index contributed by atoms with van der Waals surface area (Å²) in [5, 5.41) is 0.649. The SMILES string of the molecule is CCOC(=O)c1cc2cc(Cl)ccn2c1. The van der Waals surface area contributed by atoms with E-state index in [1.807, 2.05) is 4.40 Å². The van der Waals surface area contributed by atoms with E-state index < -0.39 is 0 Å². The van der Waals surface area contributed by atoms with Crippen LogP contribution in [-0.2, 0) is 4.74 Å². The average Bonchev–Trinajstić information content (AvgIpc) is 2.60. The summed E-state index contributed by atoms with van der Waals surface area (Å²) in [7, 11) is 0. The second kappa shape index (κ2) is 3.95. The number of halogens is 1. The number of hydrogen-bond donors (Lipinski definition) is 0.